The van der Waals surface area contributed by atoms with Crippen molar-refractivity contribution in [3.05, 3.63) is 46.2 Å². The molecular formula is C13H17BrN4O2S. The van der Waals surface area contributed by atoms with Gasteiger partial charge in [-0.3, -0.25) is 10.5 Å². The number of rotatable bonds is 5. The molecule has 1 unspecified atom stereocenters. The Bertz CT molecular complexity index is 742. The summed E-state index contributed by atoms with van der Waals surface area (Å²) >= 11 is 3.46. The molecule has 1 heterocycles. The number of hydrogen-bond acceptors (Lipinski definition) is 5. The van der Waals surface area contributed by atoms with Gasteiger partial charge in [-0.25, -0.2) is 13.8 Å². The van der Waals surface area contributed by atoms with Crippen molar-refractivity contribution in [1.29, 1.82) is 0 Å². The maximum atomic E-state index is 11.7. The quantitative estimate of drug-likeness (QED) is 0.614. The number of nitrogens with two attached hydrogens (primary N) is 1. The summed E-state index contributed by atoms with van der Waals surface area (Å²) in [5.41, 5.74) is 4.34. The molecule has 0 saturated heterocycles. The van der Waals surface area contributed by atoms with E-state index < -0.39 is 9.84 Å². The Labute approximate surface area is 132 Å². The molecule has 1 aromatic heterocycles. The summed E-state index contributed by atoms with van der Waals surface area (Å²) in [6.45, 7) is 2.66. The van der Waals surface area contributed by atoms with E-state index in [4.69, 9.17) is 5.84 Å². The van der Waals surface area contributed by atoms with Gasteiger partial charge in [-0.2, -0.15) is 5.10 Å². The van der Waals surface area contributed by atoms with E-state index in [0.29, 0.717) is 6.54 Å². The Hall–Kier alpha value is -1.22. The molecule has 0 aliphatic carbocycles. The van der Waals surface area contributed by atoms with Crippen LogP contribution in [0.15, 0.2) is 39.8 Å². The van der Waals surface area contributed by atoms with Gasteiger partial charge < -0.3 is 0 Å². The molecule has 0 aliphatic rings. The number of sulfone groups is 1. The first kappa shape index (κ1) is 16.2. The Balaban J connectivity index is 2.54. The maximum absolute atomic E-state index is 11.7. The van der Waals surface area contributed by atoms with Crippen LogP contribution in [0.2, 0.25) is 0 Å². The Morgan fingerprint density at radius 3 is 2.76 bits per heavy atom. The molecule has 0 bridgehead atoms. The van der Waals surface area contributed by atoms with Crippen molar-refractivity contribution in [2.24, 2.45) is 5.84 Å². The van der Waals surface area contributed by atoms with E-state index in [2.05, 4.69) is 26.5 Å². The van der Waals surface area contributed by atoms with Gasteiger partial charge in [-0.05, 0) is 40.5 Å². The van der Waals surface area contributed by atoms with Gasteiger partial charge in [0, 0.05) is 12.8 Å². The highest BCUT2D eigenvalue weighted by atomic mass is 79.9. The number of hydrazine groups is 1. The normalized spacial score (nSPS) is 13.3. The van der Waals surface area contributed by atoms with Gasteiger partial charge in [0.1, 0.15) is 0 Å². The zero-order chi connectivity index (χ0) is 15.6. The zero-order valence-corrected chi connectivity index (χ0v) is 14.1. The van der Waals surface area contributed by atoms with E-state index in [1.54, 1.807) is 24.4 Å². The molecule has 3 N–H and O–H groups in total. The fourth-order valence-corrected chi connectivity index (χ4v) is 3.37. The van der Waals surface area contributed by atoms with E-state index >= 15 is 0 Å². The summed E-state index contributed by atoms with van der Waals surface area (Å²) < 4.78 is 26.0. The predicted molar refractivity (Wildman–Crippen MR) is 84.3 cm³/mol. The van der Waals surface area contributed by atoms with Crippen molar-refractivity contribution in [2.75, 3.05) is 6.26 Å². The Morgan fingerprint density at radius 1 is 1.48 bits per heavy atom. The highest BCUT2D eigenvalue weighted by Gasteiger charge is 2.21. The second-order valence-electron chi connectivity index (χ2n) is 4.64. The van der Waals surface area contributed by atoms with E-state index in [0.717, 1.165) is 15.7 Å². The van der Waals surface area contributed by atoms with Crippen LogP contribution in [0.4, 0.5) is 0 Å². The SMILES string of the molecule is CCn1ncc(Br)c1C(NN)c1cccc(S(C)(=O)=O)c1. The molecule has 6 nitrogen and oxygen atoms in total. The minimum Gasteiger partial charge on any atom is -0.271 e. The molecular weight excluding hydrogens is 356 g/mol. The molecule has 0 amide bonds. The number of nitrogens with zero attached hydrogens (tertiary/aromatic N) is 2. The van der Waals surface area contributed by atoms with E-state index in [1.807, 2.05) is 17.7 Å². The average Bonchev–Trinajstić information content (AvgIpc) is 2.81. The summed E-state index contributed by atoms with van der Waals surface area (Å²) in [6.07, 6.45) is 2.88. The van der Waals surface area contributed by atoms with Crippen molar-refractivity contribution in [2.45, 2.75) is 24.4 Å². The lowest BCUT2D eigenvalue weighted by molar-refractivity contribution is 0.541. The van der Waals surface area contributed by atoms with Gasteiger partial charge >= 0.3 is 0 Å². The fraction of sp³-hybridized carbons (Fsp3) is 0.308. The third-order valence-electron chi connectivity index (χ3n) is 3.19. The highest BCUT2D eigenvalue weighted by molar-refractivity contribution is 9.10. The third kappa shape index (κ3) is 3.34. The third-order valence-corrected chi connectivity index (χ3v) is 4.91. The fourth-order valence-electron chi connectivity index (χ4n) is 2.17. The van der Waals surface area contributed by atoms with E-state index in [1.165, 1.54) is 6.26 Å². The maximum Gasteiger partial charge on any atom is 0.175 e. The van der Waals surface area contributed by atoms with Crippen LogP contribution in [0.3, 0.4) is 0 Å². The number of benzene rings is 1. The lowest BCUT2D eigenvalue weighted by atomic mass is 10.0. The van der Waals surface area contributed by atoms with Crippen LogP contribution >= 0.6 is 15.9 Å². The summed E-state index contributed by atoms with van der Waals surface area (Å²) in [4.78, 5) is 0.263. The number of hydrogen-bond donors (Lipinski definition) is 2. The Morgan fingerprint density at radius 2 is 2.19 bits per heavy atom. The summed E-state index contributed by atoms with van der Waals surface area (Å²) in [7, 11) is -3.26. The topological polar surface area (TPSA) is 90.0 Å². The molecule has 21 heavy (non-hydrogen) atoms. The molecule has 8 heteroatoms. The number of aryl methyl sites for hydroxylation is 1. The van der Waals surface area contributed by atoms with E-state index in [-0.39, 0.29) is 10.9 Å². The Kier molecular flexibility index (Phi) is 4.82. The summed E-state index contributed by atoms with van der Waals surface area (Å²) in [5, 5.41) is 4.26. The monoisotopic (exact) mass is 372 g/mol. The molecule has 1 atom stereocenters. The molecule has 0 aliphatic heterocycles. The molecule has 0 radical (unpaired) electrons. The predicted octanol–water partition coefficient (Wildman–Crippen LogP) is 1.62. The molecule has 1 aromatic carbocycles. The molecule has 0 fully saturated rings. The van der Waals surface area contributed by atoms with Crippen LogP contribution in [-0.2, 0) is 16.4 Å². The van der Waals surface area contributed by atoms with Gasteiger partial charge in [-0.1, -0.05) is 12.1 Å². The first-order valence-electron chi connectivity index (χ1n) is 6.35. The van der Waals surface area contributed by atoms with Crippen molar-refractivity contribution in [1.82, 2.24) is 15.2 Å². The van der Waals surface area contributed by atoms with Gasteiger partial charge in [-0.15, -0.1) is 0 Å². The van der Waals surface area contributed by atoms with Crippen molar-refractivity contribution < 1.29 is 8.42 Å². The number of halogens is 1. The molecule has 0 saturated carbocycles. The second kappa shape index (κ2) is 6.27. The second-order valence-corrected chi connectivity index (χ2v) is 7.51. The van der Waals surface area contributed by atoms with Crippen molar-refractivity contribution in [3.63, 3.8) is 0 Å². The zero-order valence-electron chi connectivity index (χ0n) is 11.7. The summed E-state index contributed by atoms with van der Waals surface area (Å²) in [6, 6.07) is 6.37. The average molecular weight is 373 g/mol. The van der Waals surface area contributed by atoms with Gasteiger partial charge in [0.2, 0.25) is 0 Å². The van der Waals surface area contributed by atoms with Crippen molar-refractivity contribution >= 4 is 25.8 Å². The van der Waals surface area contributed by atoms with Crippen LogP contribution in [0.5, 0.6) is 0 Å². The van der Waals surface area contributed by atoms with Gasteiger partial charge in [0.25, 0.3) is 0 Å². The molecule has 0 spiro atoms. The van der Waals surface area contributed by atoms with E-state index in [9.17, 15) is 8.42 Å². The smallest absolute Gasteiger partial charge is 0.175 e. The largest absolute Gasteiger partial charge is 0.271 e. The lowest BCUT2D eigenvalue weighted by Crippen LogP contribution is -2.31. The van der Waals surface area contributed by atoms with Gasteiger partial charge in [0.05, 0.1) is 27.3 Å². The van der Waals surface area contributed by atoms with Crippen LogP contribution < -0.4 is 11.3 Å². The van der Waals surface area contributed by atoms with Gasteiger partial charge in [0.15, 0.2) is 9.84 Å². The highest BCUT2D eigenvalue weighted by Crippen LogP contribution is 2.29. The summed E-state index contributed by atoms with van der Waals surface area (Å²) in [5.74, 6) is 5.69. The first-order valence-corrected chi connectivity index (χ1v) is 9.04. The lowest BCUT2D eigenvalue weighted by Gasteiger charge is -2.19. The van der Waals surface area contributed by atoms with Crippen molar-refractivity contribution in [3.8, 4) is 0 Å². The molecule has 2 aromatic rings. The minimum absolute atomic E-state index is 0.263. The van der Waals surface area contributed by atoms with Crippen LogP contribution in [0, 0.1) is 0 Å². The molecule has 114 valence electrons. The first-order chi connectivity index (χ1) is 9.88. The number of nitrogens with one attached hydrogen (secondary N) is 1. The standard InChI is InChI=1S/C13H17BrN4O2S/c1-3-18-13(11(14)8-16-18)12(17-15)9-5-4-6-10(7-9)21(2,19)20/h4-8,12,17H,3,15H2,1-2H3. The van der Waals surface area contributed by atoms with Crippen LogP contribution in [-0.4, -0.2) is 24.5 Å². The molecule has 2 rings (SSSR count). The minimum atomic E-state index is -3.26. The number of aromatic nitrogens is 2. The van der Waals surface area contributed by atoms with Crippen LogP contribution in [0.1, 0.15) is 24.2 Å². The van der Waals surface area contributed by atoms with Crippen LogP contribution in [0.25, 0.3) is 0 Å².